The molecule has 0 aromatic carbocycles. The highest BCUT2D eigenvalue weighted by molar-refractivity contribution is 6.52. The van der Waals surface area contributed by atoms with E-state index in [2.05, 4.69) is 0 Å². The number of rotatable bonds is 3. The third kappa shape index (κ3) is 1.59. The molecule has 1 fully saturated rings. The fraction of sp³-hybridized carbons (Fsp3) is 0.727. The molecule has 108 valence electrons. The normalized spacial score (nSPS) is 39.8. The average molecular weight is 350 g/mol. The summed E-state index contributed by atoms with van der Waals surface area (Å²) >= 11 is 25.5. The maximum atomic E-state index is 11.2. The number of esters is 1. The van der Waals surface area contributed by atoms with Crippen molar-refractivity contribution in [1.29, 1.82) is 0 Å². The lowest BCUT2D eigenvalue weighted by molar-refractivity contribution is -0.222. The number of halogens is 4. The van der Waals surface area contributed by atoms with Crippen LogP contribution in [0.1, 0.15) is 13.3 Å². The summed E-state index contributed by atoms with van der Waals surface area (Å²) in [5.41, 5.74) is 0. The largest absolute Gasteiger partial charge is 0.460 e. The van der Waals surface area contributed by atoms with E-state index in [1.165, 1.54) is 21.1 Å². The van der Waals surface area contributed by atoms with Gasteiger partial charge in [0.15, 0.2) is 4.87 Å². The van der Waals surface area contributed by atoms with E-state index in [0.717, 1.165) is 0 Å². The Morgan fingerprint density at radius 2 is 1.74 bits per heavy atom. The molecule has 0 amide bonds. The average Bonchev–Trinajstić information content (AvgIpc) is 2.60. The lowest BCUT2D eigenvalue weighted by atomic mass is 10.0. The van der Waals surface area contributed by atoms with Crippen molar-refractivity contribution in [2.45, 2.75) is 35.0 Å². The van der Waals surface area contributed by atoms with Crippen molar-refractivity contribution < 1.29 is 19.0 Å². The molecule has 2 aliphatic carbocycles. The van der Waals surface area contributed by atoms with Crippen LogP contribution in [0.25, 0.3) is 0 Å². The van der Waals surface area contributed by atoms with E-state index in [0.29, 0.717) is 0 Å². The van der Waals surface area contributed by atoms with Crippen LogP contribution >= 0.6 is 46.4 Å². The molecule has 0 saturated heterocycles. The Bertz CT molecular complexity index is 462. The number of alkyl halides is 2. The fourth-order valence-electron chi connectivity index (χ4n) is 2.91. The number of carbonyl (C=O) groups excluding carboxylic acids is 1. The van der Waals surface area contributed by atoms with Gasteiger partial charge in [-0.2, -0.15) is 0 Å². The maximum absolute atomic E-state index is 11.2. The first-order chi connectivity index (χ1) is 8.71. The molecule has 4 nitrogen and oxygen atoms in total. The van der Waals surface area contributed by atoms with Crippen molar-refractivity contribution in [3.05, 3.63) is 10.1 Å². The second-order valence-electron chi connectivity index (χ2n) is 4.47. The van der Waals surface area contributed by atoms with Gasteiger partial charge in [0.2, 0.25) is 5.79 Å². The minimum Gasteiger partial charge on any atom is -0.460 e. The zero-order valence-corrected chi connectivity index (χ0v) is 13.5. The Hall–Kier alpha value is 0.290. The molecule has 0 heterocycles. The van der Waals surface area contributed by atoms with Crippen LogP contribution in [0.5, 0.6) is 0 Å². The standard InChI is InChI=1S/C11H12Cl4O4/c1-5(16)19-6-4-9(14)7(12)8(13)10(6,15)11(9,17-2)18-3/h6H,4H2,1-3H3/t6-,9+,10-/m0/s1. The molecular formula is C11H12Cl4O4. The highest BCUT2D eigenvalue weighted by Crippen LogP contribution is 2.70. The van der Waals surface area contributed by atoms with E-state index < -0.39 is 27.6 Å². The summed E-state index contributed by atoms with van der Waals surface area (Å²) in [6.07, 6.45) is -0.645. The van der Waals surface area contributed by atoms with E-state index >= 15 is 0 Å². The van der Waals surface area contributed by atoms with Gasteiger partial charge in [0, 0.05) is 27.6 Å². The quantitative estimate of drug-likeness (QED) is 0.446. The maximum Gasteiger partial charge on any atom is 0.302 e. The van der Waals surface area contributed by atoms with E-state index in [4.69, 9.17) is 60.6 Å². The molecule has 3 atom stereocenters. The second kappa shape index (κ2) is 4.65. The zero-order valence-electron chi connectivity index (χ0n) is 10.4. The molecule has 0 aromatic rings. The monoisotopic (exact) mass is 348 g/mol. The molecule has 0 aliphatic heterocycles. The van der Waals surface area contributed by atoms with Gasteiger partial charge in [0.1, 0.15) is 11.0 Å². The molecule has 1 saturated carbocycles. The van der Waals surface area contributed by atoms with Gasteiger partial charge in [-0.05, 0) is 0 Å². The second-order valence-corrected chi connectivity index (χ2v) is 6.47. The van der Waals surface area contributed by atoms with Crippen molar-refractivity contribution in [3.8, 4) is 0 Å². The van der Waals surface area contributed by atoms with E-state index in [1.54, 1.807) is 0 Å². The minimum absolute atomic E-state index is 0.0760. The Labute approximate surface area is 130 Å². The highest BCUT2D eigenvalue weighted by Gasteiger charge is 2.82. The molecule has 2 aliphatic rings. The lowest BCUT2D eigenvalue weighted by Crippen LogP contribution is -2.58. The van der Waals surface area contributed by atoms with Gasteiger partial charge in [0.05, 0.1) is 10.1 Å². The molecular weight excluding hydrogens is 338 g/mol. The topological polar surface area (TPSA) is 44.8 Å². The van der Waals surface area contributed by atoms with Gasteiger partial charge in [-0.3, -0.25) is 4.79 Å². The van der Waals surface area contributed by atoms with Crippen LogP contribution in [0.15, 0.2) is 10.1 Å². The summed E-state index contributed by atoms with van der Waals surface area (Å²) in [4.78, 5) is 8.44. The van der Waals surface area contributed by atoms with E-state index in [1.807, 2.05) is 0 Å². The van der Waals surface area contributed by atoms with Crippen LogP contribution in [0, 0.1) is 0 Å². The van der Waals surface area contributed by atoms with Crippen molar-refractivity contribution in [3.63, 3.8) is 0 Å². The summed E-state index contributed by atoms with van der Waals surface area (Å²) in [5.74, 6) is -2.00. The zero-order chi connectivity index (χ0) is 14.6. The molecule has 2 rings (SSSR count). The first-order valence-electron chi connectivity index (χ1n) is 5.43. The van der Waals surface area contributed by atoms with Gasteiger partial charge in [-0.25, -0.2) is 0 Å². The number of methoxy groups -OCH3 is 2. The van der Waals surface area contributed by atoms with E-state index in [9.17, 15) is 4.79 Å². The third-order valence-corrected chi connectivity index (χ3v) is 6.22. The van der Waals surface area contributed by atoms with Crippen molar-refractivity contribution in [2.75, 3.05) is 14.2 Å². The summed E-state index contributed by atoms with van der Waals surface area (Å²) in [6, 6.07) is 0. The predicted octanol–water partition coefficient (Wildman–Crippen LogP) is 2.97. The number of ether oxygens (including phenoxy) is 3. The van der Waals surface area contributed by atoms with Crippen LogP contribution in [-0.2, 0) is 19.0 Å². The smallest absolute Gasteiger partial charge is 0.302 e. The van der Waals surface area contributed by atoms with Gasteiger partial charge in [0.25, 0.3) is 0 Å². The molecule has 0 radical (unpaired) electrons. The number of fused-ring (bicyclic) bond motifs is 2. The van der Waals surface area contributed by atoms with Crippen LogP contribution in [0.2, 0.25) is 0 Å². The lowest BCUT2D eigenvalue weighted by Gasteiger charge is -2.40. The molecule has 8 heteroatoms. The van der Waals surface area contributed by atoms with Gasteiger partial charge in [-0.15, -0.1) is 23.2 Å². The van der Waals surface area contributed by atoms with Crippen LogP contribution in [0.3, 0.4) is 0 Å². The molecule has 19 heavy (non-hydrogen) atoms. The third-order valence-electron chi connectivity index (χ3n) is 3.65. The molecule has 2 bridgehead atoms. The summed E-state index contributed by atoms with van der Waals surface area (Å²) in [7, 11) is 2.77. The number of hydrogen-bond acceptors (Lipinski definition) is 4. The molecule has 0 spiro atoms. The highest BCUT2D eigenvalue weighted by atomic mass is 35.5. The fourth-order valence-corrected chi connectivity index (χ4v) is 4.88. The number of carbonyl (C=O) groups is 1. The minimum atomic E-state index is -1.50. The predicted molar refractivity (Wildman–Crippen MR) is 72.8 cm³/mol. The SMILES string of the molecule is COC1(OC)[C@@]2(Cl)C[C@H](OC(C)=O)[C@]1(Cl)C(Cl)=C2Cl. The molecule has 0 N–H and O–H groups in total. The van der Waals surface area contributed by atoms with Crippen LogP contribution in [0.4, 0.5) is 0 Å². The Balaban J connectivity index is 2.61. The van der Waals surface area contributed by atoms with Crippen molar-refractivity contribution in [2.24, 2.45) is 0 Å². The summed E-state index contributed by atoms with van der Waals surface area (Å²) in [6.45, 7) is 1.27. The van der Waals surface area contributed by atoms with Crippen LogP contribution in [-0.4, -0.2) is 41.8 Å². The Morgan fingerprint density at radius 3 is 2.11 bits per heavy atom. The Morgan fingerprint density at radius 1 is 1.21 bits per heavy atom. The summed E-state index contributed by atoms with van der Waals surface area (Å²) < 4.78 is 16.0. The van der Waals surface area contributed by atoms with Crippen molar-refractivity contribution in [1.82, 2.24) is 0 Å². The van der Waals surface area contributed by atoms with E-state index in [-0.39, 0.29) is 16.5 Å². The first-order valence-corrected chi connectivity index (χ1v) is 6.94. The molecule has 0 unspecified atom stereocenters. The van der Waals surface area contributed by atoms with Crippen molar-refractivity contribution >= 4 is 52.4 Å². The van der Waals surface area contributed by atoms with Gasteiger partial charge in [-0.1, -0.05) is 23.2 Å². The van der Waals surface area contributed by atoms with Gasteiger partial charge >= 0.3 is 5.97 Å². The summed E-state index contributed by atoms with van der Waals surface area (Å²) in [5, 5.41) is 0.227. The van der Waals surface area contributed by atoms with Gasteiger partial charge < -0.3 is 14.2 Å². The number of hydrogen-bond donors (Lipinski definition) is 0. The molecule has 0 aromatic heterocycles. The first kappa shape index (κ1) is 15.7. The Kier molecular flexibility index (Phi) is 3.84. The van der Waals surface area contributed by atoms with Crippen LogP contribution < -0.4 is 0 Å².